The molecule has 1 amide bonds. The summed E-state index contributed by atoms with van der Waals surface area (Å²) < 4.78 is 0. The first kappa shape index (κ1) is 9.21. The number of allylic oxidation sites excluding steroid dienone is 2. The topological polar surface area (TPSA) is 43.1 Å². The minimum Gasteiger partial charge on any atom is -0.369 e. The van der Waals surface area contributed by atoms with Crippen molar-refractivity contribution in [2.45, 2.75) is 27.2 Å². The number of amides is 1. The van der Waals surface area contributed by atoms with Gasteiger partial charge in [0, 0.05) is 5.92 Å². The van der Waals surface area contributed by atoms with E-state index in [1.165, 1.54) is 5.57 Å². The summed E-state index contributed by atoms with van der Waals surface area (Å²) in [4.78, 5) is 10.5. The molecule has 2 N–H and O–H groups in total. The molecular weight excluding hydrogens is 126 g/mol. The third kappa shape index (κ3) is 3.28. The molecule has 0 saturated carbocycles. The van der Waals surface area contributed by atoms with Crippen molar-refractivity contribution >= 4 is 5.91 Å². The molecule has 0 spiro atoms. The van der Waals surface area contributed by atoms with Gasteiger partial charge in [-0.15, -0.1) is 0 Å². The maximum atomic E-state index is 10.5. The van der Waals surface area contributed by atoms with Gasteiger partial charge >= 0.3 is 0 Å². The molecule has 1 unspecified atom stereocenters. The van der Waals surface area contributed by atoms with Gasteiger partial charge in [-0.1, -0.05) is 18.6 Å². The normalized spacial score (nSPS) is 14.9. The molecule has 10 heavy (non-hydrogen) atoms. The first-order valence-corrected chi connectivity index (χ1v) is 3.49. The average Bonchev–Trinajstić information content (AvgIpc) is 1.87. The van der Waals surface area contributed by atoms with Crippen LogP contribution in [0.3, 0.4) is 0 Å². The monoisotopic (exact) mass is 141 g/mol. The van der Waals surface area contributed by atoms with Crippen molar-refractivity contribution in [3.8, 4) is 0 Å². The minimum atomic E-state index is -0.221. The first-order valence-electron chi connectivity index (χ1n) is 3.49. The lowest BCUT2D eigenvalue weighted by atomic mass is 10.0. The van der Waals surface area contributed by atoms with E-state index in [9.17, 15) is 4.79 Å². The van der Waals surface area contributed by atoms with Gasteiger partial charge in [-0.05, 0) is 20.3 Å². The van der Waals surface area contributed by atoms with Gasteiger partial charge in [-0.25, -0.2) is 0 Å². The molecule has 0 radical (unpaired) electrons. The van der Waals surface area contributed by atoms with Crippen LogP contribution >= 0.6 is 0 Å². The number of hydrogen-bond donors (Lipinski definition) is 1. The predicted molar refractivity (Wildman–Crippen MR) is 42.4 cm³/mol. The van der Waals surface area contributed by atoms with Crippen LogP contribution in [-0.2, 0) is 4.79 Å². The zero-order valence-electron chi connectivity index (χ0n) is 6.85. The fourth-order valence-corrected chi connectivity index (χ4v) is 0.701. The third-order valence-corrected chi connectivity index (χ3v) is 1.61. The van der Waals surface area contributed by atoms with Crippen molar-refractivity contribution in [2.75, 3.05) is 0 Å². The molecule has 58 valence electrons. The van der Waals surface area contributed by atoms with Gasteiger partial charge in [0.15, 0.2) is 0 Å². The summed E-state index contributed by atoms with van der Waals surface area (Å²) in [6, 6.07) is 0. The second kappa shape index (κ2) is 4.09. The molecule has 2 heteroatoms. The Bertz CT molecular complexity index is 149. The van der Waals surface area contributed by atoms with E-state index in [-0.39, 0.29) is 11.8 Å². The van der Waals surface area contributed by atoms with E-state index in [1.807, 2.05) is 26.8 Å². The molecule has 0 bridgehead atoms. The fourth-order valence-electron chi connectivity index (χ4n) is 0.701. The molecule has 1 atom stereocenters. The van der Waals surface area contributed by atoms with E-state index in [1.54, 1.807) is 0 Å². The lowest BCUT2D eigenvalue weighted by Crippen LogP contribution is -2.20. The smallest absolute Gasteiger partial charge is 0.220 e. The Labute approximate surface area is 62.1 Å². The summed E-state index contributed by atoms with van der Waals surface area (Å²) in [6.45, 7) is 5.80. The van der Waals surface area contributed by atoms with Crippen molar-refractivity contribution in [2.24, 2.45) is 11.7 Å². The largest absolute Gasteiger partial charge is 0.369 e. The Balaban J connectivity index is 3.80. The van der Waals surface area contributed by atoms with Gasteiger partial charge in [-0.3, -0.25) is 4.79 Å². The van der Waals surface area contributed by atoms with E-state index >= 15 is 0 Å². The predicted octanol–water partition coefficient (Wildman–Crippen LogP) is 1.46. The number of rotatable bonds is 3. The van der Waals surface area contributed by atoms with Gasteiger partial charge in [0.2, 0.25) is 5.91 Å². The highest BCUT2D eigenvalue weighted by Gasteiger charge is 2.07. The molecule has 0 aliphatic carbocycles. The summed E-state index contributed by atoms with van der Waals surface area (Å²) in [7, 11) is 0. The lowest BCUT2D eigenvalue weighted by molar-refractivity contribution is -0.121. The van der Waals surface area contributed by atoms with Crippen LogP contribution in [-0.4, -0.2) is 5.91 Å². The Morgan fingerprint density at radius 3 is 2.50 bits per heavy atom. The quantitative estimate of drug-likeness (QED) is 0.594. The highest BCUT2D eigenvalue weighted by atomic mass is 16.1. The Morgan fingerprint density at radius 1 is 1.70 bits per heavy atom. The number of carbonyl (C=O) groups is 1. The van der Waals surface area contributed by atoms with Crippen molar-refractivity contribution in [3.63, 3.8) is 0 Å². The summed E-state index contributed by atoms with van der Waals surface area (Å²) in [5.74, 6) is -0.252. The van der Waals surface area contributed by atoms with Crippen LogP contribution in [0.1, 0.15) is 27.2 Å². The Kier molecular flexibility index (Phi) is 3.77. The molecule has 0 aromatic carbocycles. The van der Waals surface area contributed by atoms with Crippen LogP contribution in [0.15, 0.2) is 11.6 Å². The average molecular weight is 141 g/mol. The van der Waals surface area contributed by atoms with Gasteiger partial charge in [0.1, 0.15) is 0 Å². The molecule has 0 aromatic rings. The number of hydrogen-bond acceptors (Lipinski definition) is 1. The second-order valence-electron chi connectivity index (χ2n) is 2.64. The SMILES string of the molecule is C/C=C(\C)CC(C)C(N)=O. The van der Waals surface area contributed by atoms with Crippen molar-refractivity contribution in [1.29, 1.82) is 0 Å². The van der Waals surface area contributed by atoms with Crippen molar-refractivity contribution < 1.29 is 4.79 Å². The van der Waals surface area contributed by atoms with Crippen LogP contribution < -0.4 is 5.73 Å². The molecule has 0 saturated heterocycles. The zero-order valence-corrected chi connectivity index (χ0v) is 6.85. The first-order chi connectivity index (χ1) is 4.57. The number of primary amides is 1. The number of nitrogens with two attached hydrogens (primary N) is 1. The minimum absolute atomic E-state index is 0.0313. The van der Waals surface area contributed by atoms with Crippen LogP contribution in [0.2, 0.25) is 0 Å². The molecule has 0 aliphatic heterocycles. The standard InChI is InChI=1S/C8H15NO/c1-4-6(2)5-7(3)8(9)10/h4,7H,5H2,1-3H3,(H2,9,10)/b6-4+. The molecule has 0 rings (SSSR count). The molecular formula is C8H15NO. The van der Waals surface area contributed by atoms with Gasteiger partial charge in [-0.2, -0.15) is 0 Å². The number of carbonyl (C=O) groups excluding carboxylic acids is 1. The highest BCUT2D eigenvalue weighted by molar-refractivity contribution is 5.76. The Hall–Kier alpha value is -0.790. The summed E-state index contributed by atoms with van der Waals surface area (Å²) in [5.41, 5.74) is 6.29. The molecule has 2 nitrogen and oxygen atoms in total. The Morgan fingerprint density at radius 2 is 2.20 bits per heavy atom. The van der Waals surface area contributed by atoms with E-state index in [0.717, 1.165) is 6.42 Å². The maximum Gasteiger partial charge on any atom is 0.220 e. The van der Waals surface area contributed by atoms with Crippen molar-refractivity contribution in [1.82, 2.24) is 0 Å². The third-order valence-electron chi connectivity index (χ3n) is 1.61. The van der Waals surface area contributed by atoms with E-state index in [4.69, 9.17) is 5.73 Å². The maximum absolute atomic E-state index is 10.5. The summed E-state index contributed by atoms with van der Waals surface area (Å²) >= 11 is 0. The fraction of sp³-hybridized carbons (Fsp3) is 0.625. The zero-order chi connectivity index (χ0) is 8.15. The summed E-state index contributed by atoms with van der Waals surface area (Å²) in [5, 5.41) is 0. The van der Waals surface area contributed by atoms with Crippen LogP contribution in [0.4, 0.5) is 0 Å². The molecule has 0 aliphatic rings. The highest BCUT2D eigenvalue weighted by Crippen LogP contribution is 2.09. The van der Waals surface area contributed by atoms with E-state index in [0.29, 0.717) is 0 Å². The van der Waals surface area contributed by atoms with Crippen molar-refractivity contribution in [3.05, 3.63) is 11.6 Å². The van der Waals surface area contributed by atoms with Crippen LogP contribution in [0, 0.1) is 5.92 Å². The molecule has 0 fully saturated rings. The van der Waals surface area contributed by atoms with Gasteiger partial charge in [0.25, 0.3) is 0 Å². The van der Waals surface area contributed by atoms with E-state index in [2.05, 4.69) is 0 Å². The van der Waals surface area contributed by atoms with Crippen LogP contribution in [0.25, 0.3) is 0 Å². The molecule has 0 heterocycles. The van der Waals surface area contributed by atoms with Gasteiger partial charge in [0.05, 0.1) is 0 Å². The van der Waals surface area contributed by atoms with E-state index < -0.39 is 0 Å². The van der Waals surface area contributed by atoms with Gasteiger partial charge < -0.3 is 5.73 Å². The summed E-state index contributed by atoms with van der Waals surface area (Å²) in [6.07, 6.45) is 2.78. The molecule has 0 aromatic heterocycles. The van der Waals surface area contributed by atoms with Crippen LogP contribution in [0.5, 0.6) is 0 Å². The second-order valence-corrected chi connectivity index (χ2v) is 2.64. The lowest BCUT2D eigenvalue weighted by Gasteiger charge is -2.05.